The van der Waals surface area contributed by atoms with E-state index in [9.17, 15) is 14.4 Å². The van der Waals surface area contributed by atoms with Crippen LogP contribution in [0.5, 0.6) is 0 Å². The van der Waals surface area contributed by atoms with E-state index in [4.69, 9.17) is 5.73 Å². The van der Waals surface area contributed by atoms with Gasteiger partial charge in [0.05, 0.1) is 0 Å². The number of amides is 3. The minimum absolute atomic E-state index is 0.0683. The van der Waals surface area contributed by atoms with E-state index in [-0.39, 0.29) is 19.0 Å². The summed E-state index contributed by atoms with van der Waals surface area (Å²) < 4.78 is 1.37. The quantitative estimate of drug-likeness (QED) is 0.648. The zero-order chi connectivity index (χ0) is 14.2. The maximum absolute atomic E-state index is 12.2. The average Bonchev–Trinajstić information content (AvgIpc) is 2.69. The summed E-state index contributed by atoms with van der Waals surface area (Å²) in [4.78, 5) is 36.5. The summed E-state index contributed by atoms with van der Waals surface area (Å²) in [6.45, 7) is 2.96. The highest BCUT2D eigenvalue weighted by atomic mass is 16.2. The van der Waals surface area contributed by atoms with Crippen molar-refractivity contribution in [1.29, 1.82) is 0 Å². The van der Waals surface area contributed by atoms with Crippen molar-refractivity contribution in [2.75, 3.05) is 12.3 Å². The van der Waals surface area contributed by atoms with Crippen molar-refractivity contribution in [3.05, 3.63) is 12.3 Å². The third-order valence-corrected chi connectivity index (χ3v) is 3.04. The number of hydrogen-bond donors (Lipinski definition) is 2. The van der Waals surface area contributed by atoms with Gasteiger partial charge in [0.1, 0.15) is 24.4 Å². The van der Waals surface area contributed by atoms with Gasteiger partial charge in [-0.05, 0) is 19.9 Å². The SMILES string of the molecule is CC1(C)C(=O)NC(=O)CN1C(=O)Cn1ccc(N)n1. The summed E-state index contributed by atoms with van der Waals surface area (Å²) in [5.41, 5.74) is 4.39. The van der Waals surface area contributed by atoms with Crippen molar-refractivity contribution in [1.82, 2.24) is 20.0 Å². The molecule has 0 saturated carbocycles. The Labute approximate surface area is 109 Å². The fourth-order valence-electron chi connectivity index (χ4n) is 1.87. The maximum atomic E-state index is 12.2. The van der Waals surface area contributed by atoms with Crippen LogP contribution in [0, 0.1) is 0 Å². The van der Waals surface area contributed by atoms with Gasteiger partial charge in [0.25, 0.3) is 5.91 Å². The largest absolute Gasteiger partial charge is 0.382 e. The number of carbonyl (C=O) groups is 3. The van der Waals surface area contributed by atoms with Gasteiger partial charge in [-0.1, -0.05) is 0 Å². The third kappa shape index (κ3) is 2.42. The van der Waals surface area contributed by atoms with E-state index in [0.717, 1.165) is 0 Å². The first-order valence-corrected chi connectivity index (χ1v) is 5.74. The van der Waals surface area contributed by atoms with Gasteiger partial charge in [-0.3, -0.25) is 24.4 Å². The predicted molar refractivity (Wildman–Crippen MR) is 65.6 cm³/mol. The highest BCUT2D eigenvalue weighted by Gasteiger charge is 2.43. The van der Waals surface area contributed by atoms with Gasteiger partial charge in [-0.25, -0.2) is 0 Å². The molecule has 8 nitrogen and oxygen atoms in total. The second-order valence-electron chi connectivity index (χ2n) is 4.85. The van der Waals surface area contributed by atoms with Crippen LogP contribution in [0.3, 0.4) is 0 Å². The number of nitrogen functional groups attached to an aromatic ring is 1. The average molecular weight is 265 g/mol. The van der Waals surface area contributed by atoms with Crippen LogP contribution in [0.15, 0.2) is 12.3 Å². The molecule has 1 fully saturated rings. The van der Waals surface area contributed by atoms with Crippen molar-refractivity contribution < 1.29 is 14.4 Å². The van der Waals surface area contributed by atoms with Crippen LogP contribution in [0.1, 0.15) is 13.8 Å². The van der Waals surface area contributed by atoms with Gasteiger partial charge in [-0.2, -0.15) is 5.10 Å². The molecule has 0 aliphatic carbocycles. The van der Waals surface area contributed by atoms with Crippen LogP contribution in [-0.4, -0.2) is 44.5 Å². The number of nitrogens with zero attached hydrogens (tertiary/aromatic N) is 3. The lowest BCUT2D eigenvalue weighted by Crippen LogP contribution is -2.65. The molecule has 1 aromatic heterocycles. The number of aromatic nitrogens is 2. The van der Waals surface area contributed by atoms with E-state index >= 15 is 0 Å². The molecule has 3 amide bonds. The summed E-state index contributed by atoms with van der Waals surface area (Å²) in [7, 11) is 0. The molecule has 2 heterocycles. The molecule has 19 heavy (non-hydrogen) atoms. The topological polar surface area (TPSA) is 110 Å². The molecular formula is C11H15N5O3. The van der Waals surface area contributed by atoms with Gasteiger partial charge in [0.2, 0.25) is 11.8 Å². The van der Waals surface area contributed by atoms with Crippen LogP contribution in [0.4, 0.5) is 5.82 Å². The molecule has 0 atom stereocenters. The number of nitrogens with two attached hydrogens (primary N) is 1. The van der Waals surface area contributed by atoms with Crippen molar-refractivity contribution in [2.45, 2.75) is 25.9 Å². The van der Waals surface area contributed by atoms with Gasteiger partial charge in [0.15, 0.2) is 0 Å². The van der Waals surface area contributed by atoms with Crippen LogP contribution < -0.4 is 11.1 Å². The second-order valence-corrected chi connectivity index (χ2v) is 4.85. The van der Waals surface area contributed by atoms with Crippen molar-refractivity contribution in [2.24, 2.45) is 0 Å². The first kappa shape index (κ1) is 13.1. The van der Waals surface area contributed by atoms with Crippen molar-refractivity contribution >= 4 is 23.5 Å². The lowest BCUT2D eigenvalue weighted by Gasteiger charge is -2.40. The minimum Gasteiger partial charge on any atom is -0.382 e. The number of hydrogen-bond acceptors (Lipinski definition) is 5. The molecule has 1 aliphatic rings. The number of imide groups is 1. The Kier molecular flexibility index (Phi) is 3.01. The number of rotatable bonds is 2. The molecular weight excluding hydrogens is 250 g/mol. The van der Waals surface area contributed by atoms with Gasteiger partial charge in [0, 0.05) is 6.20 Å². The Morgan fingerprint density at radius 1 is 1.53 bits per heavy atom. The van der Waals surface area contributed by atoms with E-state index in [0.29, 0.717) is 5.82 Å². The molecule has 8 heteroatoms. The number of piperazine rings is 1. The predicted octanol–water partition coefficient (Wildman–Crippen LogP) is -1.27. The lowest BCUT2D eigenvalue weighted by atomic mass is 9.98. The van der Waals surface area contributed by atoms with E-state index in [1.807, 2.05) is 0 Å². The smallest absolute Gasteiger partial charge is 0.252 e. The first-order valence-electron chi connectivity index (χ1n) is 5.74. The Balaban J connectivity index is 2.17. The molecule has 102 valence electrons. The summed E-state index contributed by atoms with van der Waals surface area (Å²) >= 11 is 0. The Morgan fingerprint density at radius 2 is 2.21 bits per heavy atom. The highest BCUT2D eigenvalue weighted by Crippen LogP contribution is 2.18. The number of nitrogens with one attached hydrogen (secondary N) is 1. The Hall–Kier alpha value is -2.38. The normalized spacial score (nSPS) is 18.3. The number of carbonyl (C=O) groups excluding carboxylic acids is 3. The minimum atomic E-state index is -1.07. The molecule has 0 spiro atoms. The molecule has 1 aliphatic heterocycles. The molecule has 0 bridgehead atoms. The first-order chi connectivity index (χ1) is 8.80. The molecule has 1 aromatic rings. The summed E-state index contributed by atoms with van der Waals surface area (Å²) in [6, 6.07) is 1.56. The van der Waals surface area contributed by atoms with Gasteiger partial charge >= 0.3 is 0 Å². The Morgan fingerprint density at radius 3 is 2.79 bits per heavy atom. The van der Waals surface area contributed by atoms with E-state index in [1.54, 1.807) is 26.1 Å². The van der Waals surface area contributed by atoms with Crippen LogP contribution in [0.2, 0.25) is 0 Å². The monoisotopic (exact) mass is 265 g/mol. The highest BCUT2D eigenvalue weighted by molar-refractivity contribution is 6.06. The van der Waals surface area contributed by atoms with Crippen molar-refractivity contribution in [3.8, 4) is 0 Å². The molecule has 2 rings (SSSR count). The zero-order valence-electron chi connectivity index (χ0n) is 10.7. The van der Waals surface area contributed by atoms with E-state index in [1.165, 1.54) is 9.58 Å². The van der Waals surface area contributed by atoms with Crippen molar-refractivity contribution in [3.63, 3.8) is 0 Å². The standard InChI is InChI=1S/C11H15N5O3/c1-11(2)10(19)13-8(17)5-16(11)9(18)6-15-4-3-7(12)14-15/h3-4H,5-6H2,1-2H3,(H2,12,14)(H,13,17,19). The molecule has 0 aromatic carbocycles. The fourth-order valence-corrected chi connectivity index (χ4v) is 1.87. The van der Waals surface area contributed by atoms with Gasteiger partial charge in [-0.15, -0.1) is 0 Å². The molecule has 0 radical (unpaired) electrons. The number of anilines is 1. The Bertz CT molecular complexity index is 548. The zero-order valence-corrected chi connectivity index (χ0v) is 10.7. The lowest BCUT2D eigenvalue weighted by molar-refractivity contribution is -0.155. The molecule has 0 unspecified atom stereocenters. The molecule has 3 N–H and O–H groups in total. The summed E-state index contributed by atoms with van der Waals surface area (Å²) in [5.74, 6) is -1.04. The maximum Gasteiger partial charge on any atom is 0.252 e. The van der Waals surface area contributed by atoms with E-state index in [2.05, 4.69) is 10.4 Å². The fraction of sp³-hybridized carbons (Fsp3) is 0.455. The summed E-state index contributed by atoms with van der Waals surface area (Å²) in [5, 5.41) is 6.10. The van der Waals surface area contributed by atoms with Gasteiger partial charge < -0.3 is 10.6 Å². The molecule has 1 saturated heterocycles. The van der Waals surface area contributed by atoms with Crippen LogP contribution >= 0.6 is 0 Å². The third-order valence-electron chi connectivity index (χ3n) is 3.04. The van der Waals surface area contributed by atoms with Crippen LogP contribution in [0.25, 0.3) is 0 Å². The second kappa shape index (κ2) is 4.38. The van der Waals surface area contributed by atoms with Crippen LogP contribution in [-0.2, 0) is 20.9 Å². The summed E-state index contributed by atoms with van der Waals surface area (Å²) in [6.07, 6.45) is 1.56. The van der Waals surface area contributed by atoms with E-state index < -0.39 is 17.4 Å².